The van der Waals surface area contributed by atoms with E-state index < -0.39 is 0 Å². The van der Waals surface area contributed by atoms with Gasteiger partial charge < -0.3 is 9.47 Å². The molecular weight excluding hydrogens is 300 g/mol. The standard InChI is InChI=1S/C18H24N6/c1-22-8-4-5-14(18(22)17-11-21-13-24(17)3)12-23(2)16-6-7-20-10-15(16)9-19/h6-7,10-11,13-14,18H,4-5,8,12H2,1-3H3/t14-,18+/m0/s1. The second kappa shape index (κ2) is 7.02. The van der Waals surface area contributed by atoms with Gasteiger partial charge in [-0.1, -0.05) is 0 Å². The first-order valence-corrected chi connectivity index (χ1v) is 8.33. The van der Waals surface area contributed by atoms with Crippen molar-refractivity contribution in [2.24, 2.45) is 13.0 Å². The molecule has 2 aromatic heterocycles. The summed E-state index contributed by atoms with van der Waals surface area (Å²) in [7, 11) is 6.31. The topological polar surface area (TPSA) is 61.0 Å². The molecule has 6 heteroatoms. The van der Waals surface area contributed by atoms with Crippen LogP contribution in [0.1, 0.15) is 30.1 Å². The minimum absolute atomic E-state index is 0.348. The van der Waals surface area contributed by atoms with Gasteiger partial charge in [-0.3, -0.25) is 9.88 Å². The van der Waals surface area contributed by atoms with Gasteiger partial charge in [-0.05, 0) is 38.4 Å². The number of hydrogen-bond donors (Lipinski definition) is 0. The van der Waals surface area contributed by atoms with Gasteiger partial charge in [-0.2, -0.15) is 5.26 Å². The Balaban J connectivity index is 1.84. The molecule has 1 aliphatic rings. The van der Waals surface area contributed by atoms with E-state index in [0.717, 1.165) is 18.8 Å². The van der Waals surface area contributed by atoms with Crippen LogP contribution >= 0.6 is 0 Å². The molecule has 1 saturated heterocycles. The number of hydrogen-bond acceptors (Lipinski definition) is 5. The van der Waals surface area contributed by atoms with E-state index in [4.69, 9.17) is 0 Å². The largest absolute Gasteiger partial charge is 0.373 e. The Morgan fingerprint density at radius 1 is 1.33 bits per heavy atom. The summed E-state index contributed by atoms with van der Waals surface area (Å²) in [6.45, 7) is 2.01. The van der Waals surface area contributed by atoms with E-state index in [0.29, 0.717) is 17.5 Å². The summed E-state index contributed by atoms with van der Waals surface area (Å²) in [5.41, 5.74) is 2.83. The average molecular weight is 324 g/mol. The minimum Gasteiger partial charge on any atom is -0.373 e. The predicted molar refractivity (Wildman–Crippen MR) is 93.5 cm³/mol. The number of pyridine rings is 1. The number of anilines is 1. The zero-order valence-corrected chi connectivity index (χ0v) is 14.6. The lowest BCUT2D eigenvalue weighted by molar-refractivity contribution is 0.119. The normalized spacial score (nSPS) is 21.4. The average Bonchev–Trinajstić information content (AvgIpc) is 3.00. The van der Waals surface area contributed by atoms with Gasteiger partial charge in [-0.25, -0.2) is 4.98 Å². The highest BCUT2D eigenvalue weighted by atomic mass is 15.2. The summed E-state index contributed by atoms with van der Waals surface area (Å²) in [6, 6.07) is 4.51. The van der Waals surface area contributed by atoms with Gasteiger partial charge in [0, 0.05) is 39.2 Å². The van der Waals surface area contributed by atoms with Crippen molar-refractivity contribution in [3.05, 3.63) is 42.2 Å². The summed E-state index contributed by atoms with van der Waals surface area (Å²) in [4.78, 5) is 13.0. The number of rotatable bonds is 4. The molecule has 0 amide bonds. The Morgan fingerprint density at radius 2 is 2.17 bits per heavy atom. The Morgan fingerprint density at radius 3 is 2.88 bits per heavy atom. The minimum atomic E-state index is 0.348. The van der Waals surface area contributed by atoms with Crippen molar-refractivity contribution in [1.82, 2.24) is 19.4 Å². The molecule has 0 N–H and O–H groups in total. The monoisotopic (exact) mass is 324 g/mol. The highest BCUT2D eigenvalue weighted by molar-refractivity contribution is 5.57. The fourth-order valence-electron chi connectivity index (χ4n) is 3.83. The third kappa shape index (κ3) is 3.13. The van der Waals surface area contributed by atoms with E-state index in [1.807, 2.05) is 18.6 Å². The van der Waals surface area contributed by atoms with Crippen LogP contribution in [0.4, 0.5) is 5.69 Å². The molecule has 0 aliphatic carbocycles. The van der Waals surface area contributed by atoms with E-state index in [9.17, 15) is 5.26 Å². The molecule has 0 saturated carbocycles. The van der Waals surface area contributed by atoms with Crippen molar-refractivity contribution in [3.63, 3.8) is 0 Å². The van der Waals surface area contributed by atoms with Gasteiger partial charge in [0.25, 0.3) is 0 Å². The van der Waals surface area contributed by atoms with Crippen LogP contribution in [0.5, 0.6) is 0 Å². The number of imidazole rings is 1. The highest BCUT2D eigenvalue weighted by Gasteiger charge is 2.33. The lowest BCUT2D eigenvalue weighted by Crippen LogP contribution is -2.41. The summed E-state index contributed by atoms with van der Waals surface area (Å²) < 4.78 is 2.12. The first-order chi connectivity index (χ1) is 11.6. The number of nitriles is 1. The van der Waals surface area contributed by atoms with Crippen LogP contribution in [0.15, 0.2) is 31.0 Å². The Labute approximate surface area is 143 Å². The predicted octanol–water partition coefficient (Wildman–Crippen LogP) is 2.21. The van der Waals surface area contributed by atoms with Crippen molar-refractivity contribution in [2.75, 3.05) is 32.1 Å². The van der Waals surface area contributed by atoms with Gasteiger partial charge in [0.15, 0.2) is 0 Å². The summed E-state index contributed by atoms with van der Waals surface area (Å²) >= 11 is 0. The van der Waals surface area contributed by atoms with E-state index >= 15 is 0 Å². The smallest absolute Gasteiger partial charge is 0.103 e. The van der Waals surface area contributed by atoms with Crippen molar-refractivity contribution >= 4 is 5.69 Å². The van der Waals surface area contributed by atoms with Crippen molar-refractivity contribution in [2.45, 2.75) is 18.9 Å². The molecule has 0 aromatic carbocycles. The number of nitrogens with zero attached hydrogens (tertiary/aromatic N) is 6. The van der Waals surface area contributed by atoms with Gasteiger partial charge in [-0.15, -0.1) is 0 Å². The van der Waals surface area contributed by atoms with E-state index in [1.54, 1.807) is 12.4 Å². The van der Waals surface area contributed by atoms with Crippen molar-refractivity contribution < 1.29 is 0 Å². The lowest BCUT2D eigenvalue weighted by Gasteiger charge is -2.41. The lowest BCUT2D eigenvalue weighted by atomic mass is 9.87. The van der Waals surface area contributed by atoms with Gasteiger partial charge in [0.2, 0.25) is 0 Å². The Kier molecular flexibility index (Phi) is 4.81. The van der Waals surface area contributed by atoms with E-state index in [-0.39, 0.29) is 0 Å². The maximum atomic E-state index is 9.32. The zero-order valence-electron chi connectivity index (χ0n) is 14.6. The fourth-order valence-corrected chi connectivity index (χ4v) is 3.83. The second-order valence-electron chi connectivity index (χ2n) is 6.64. The highest BCUT2D eigenvalue weighted by Crippen LogP contribution is 2.36. The van der Waals surface area contributed by atoms with E-state index in [1.165, 1.54) is 18.5 Å². The van der Waals surface area contributed by atoms with Crippen molar-refractivity contribution in [3.8, 4) is 6.07 Å². The van der Waals surface area contributed by atoms with Crippen LogP contribution < -0.4 is 4.90 Å². The third-order valence-electron chi connectivity index (χ3n) is 5.00. The van der Waals surface area contributed by atoms with Crippen molar-refractivity contribution in [1.29, 1.82) is 5.26 Å². The molecule has 3 heterocycles. The molecule has 1 aliphatic heterocycles. The second-order valence-corrected chi connectivity index (χ2v) is 6.64. The van der Waals surface area contributed by atoms with Crippen LogP contribution in [0.3, 0.4) is 0 Å². The number of aromatic nitrogens is 3. The van der Waals surface area contributed by atoms with Gasteiger partial charge in [0.05, 0.1) is 29.3 Å². The summed E-state index contributed by atoms with van der Waals surface area (Å²) in [6.07, 6.45) is 9.61. The SMILES string of the molecule is CN(C[C@@H]1CCCN(C)[C@H]1c1cncn1C)c1ccncc1C#N. The Bertz CT molecular complexity index is 731. The molecule has 3 rings (SSSR count). The van der Waals surface area contributed by atoms with Crippen LogP contribution in [-0.2, 0) is 7.05 Å². The van der Waals surface area contributed by atoms with Gasteiger partial charge >= 0.3 is 0 Å². The van der Waals surface area contributed by atoms with E-state index in [2.05, 4.69) is 51.5 Å². The molecular formula is C18H24N6. The molecule has 2 aromatic rings. The first kappa shape index (κ1) is 16.5. The molecule has 24 heavy (non-hydrogen) atoms. The van der Waals surface area contributed by atoms with Crippen LogP contribution in [0.2, 0.25) is 0 Å². The third-order valence-corrected chi connectivity index (χ3v) is 5.00. The van der Waals surface area contributed by atoms with Crippen LogP contribution in [0.25, 0.3) is 0 Å². The quantitative estimate of drug-likeness (QED) is 0.863. The first-order valence-electron chi connectivity index (χ1n) is 8.33. The van der Waals surface area contributed by atoms with Crippen LogP contribution in [-0.4, -0.2) is 46.6 Å². The van der Waals surface area contributed by atoms with Gasteiger partial charge in [0.1, 0.15) is 6.07 Å². The molecule has 0 unspecified atom stereocenters. The molecule has 2 atom stereocenters. The fraction of sp³-hybridized carbons (Fsp3) is 0.500. The Hall–Kier alpha value is -2.39. The van der Waals surface area contributed by atoms with Crippen LogP contribution in [0, 0.1) is 17.2 Å². The molecule has 1 fully saturated rings. The summed E-state index contributed by atoms with van der Waals surface area (Å²) in [5.74, 6) is 0.490. The maximum absolute atomic E-state index is 9.32. The number of aryl methyl sites for hydroxylation is 1. The molecule has 0 bridgehead atoms. The number of likely N-dealkylation sites (tertiary alicyclic amines) is 1. The maximum Gasteiger partial charge on any atom is 0.103 e. The molecule has 6 nitrogen and oxygen atoms in total. The number of piperidine rings is 1. The zero-order chi connectivity index (χ0) is 17.1. The summed E-state index contributed by atoms with van der Waals surface area (Å²) in [5, 5.41) is 9.32. The molecule has 0 radical (unpaired) electrons. The molecule has 0 spiro atoms. The molecule has 126 valence electrons.